The van der Waals surface area contributed by atoms with Crippen molar-refractivity contribution in [3.05, 3.63) is 0 Å². The van der Waals surface area contributed by atoms with Gasteiger partial charge in [-0.25, -0.2) is 9.78 Å². The predicted molar refractivity (Wildman–Crippen MR) is 113 cm³/mol. The number of esters is 1. The Bertz CT molecular complexity index is 731. The molecule has 188 valence electrons. The van der Waals surface area contributed by atoms with Crippen LogP contribution in [0.15, 0.2) is 0 Å². The van der Waals surface area contributed by atoms with Crippen LogP contribution in [0, 0.1) is 23.7 Å². The summed E-state index contributed by atoms with van der Waals surface area (Å²) in [4.78, 5) is 36.5. The van der Waals surface area contributed by atoms with Crippen molar-refractivity contribution in [1.82, 2.24) is 5.32 Å². The van der Waals surface area contributed by atoms with Gasteiger partial charge in [-0.3, -0.25) is 9.59 Å². The van der Waals surface area contributed by atoms with Crippen LogP contribution >= 0.6 is 0 Å². The molecule has 0 unspecified atom stereocenters. The van der Waals surface area contributed by atoms with Gasteiger partial charge in [0.05, 0.1) is 13.0 Å². The molecule has 1 aliphatic carbocycles. The van der Waals surface area contributed by atoms with Crippen molar-refractivity contribution in [2.75, 3.05) is 20.8 Å². The third-order valence-corrected chi connectivity index (χ3v) is 7.89. The second kappa shape index (κ2) is 9.75. The number of carbonyl (C=O) groups is 2. The third-order valence-electron chi connectivity index (χ3n) is 7.89. The van der Waals surface area contributed by atoms with Crippen molar-refractivity contribution < 1.29 is 43.0 Å². The standard InChI is InChI=1S/C23H37NO9/c1-13-6-7-16-14(2)20(29-18(26)9-8-17(25)24-12-19(27-4)28-5)30-21-23(16)15(13)10-11-22(3,31-21)32-33-23/h13-16,19-21H,6-12H2,1-5H3,(H,24,25)/t13-,14-,15+,16+,20-,21-,22-,23+/m1/s1. The highest BCUT2D eigenvalue weighted by molar-refractivity contribution is 5.81. The lowest BCUT2D eigenvalue weighted by Crippen LogP contribution is -2.70. The fraction of sp³-hybridized carbons (Fsp3) is 0.913. The van der Waals surface area contributed by atoms with E-state index in [9.17, 15) is 9.59 Å². The number of carbonyl (C=O) groups excluding carboxylic acids is 2. The number of fused-ring (bicyclic) bond motifs is 2. The lowest BCUT2D eigenvalue weighted by Gasteiger charge is -2.59. The van der Waals surface area contributed by atoms with Crippen molar-refractivity contribution in [1.29, 1.82) is 0 Å². The smallest absolute Gasteiger partial charge is 0.308 e. The number of rotatable bonds is 8. The van der Waals surface area contributed by atoms with E-state index in [-0.39, 0.29) is 43.0 Å². The van der Waals surface area contributed by atoms with Crippen molar-refractivity contribution in [2.45, 2.75) is 89.6 Å². The minimum absolute atomic E-state index is 0.00197. The predicted octanol–water partition coefficient (Wildman–Crippen LogP) is 2.25. The Hall–Kier alpha value is -1.30. The molecule has 1 amide bonds. The van der Waals surface area contributed by atoms with E-state index in [1.165, 1.54) is 14.2 Å². The molecule has 8 atom stereocenters. The van der Waals surface area contributed by atoms with Gasteiger partial charge in [-0.15, -0.1) is 0 Å². The summed E-state index contributed by atoms with van der Waals surface area (Å²) >= 11 is 0. The lowest BCUT2D eigenvalue weighted by atomic mass is 9.58. The summed E-state index contributed by atoms with van der Waals surface area (Å²) in [5.41, 5.74) is -0.699. The maximum absolute atomic E-state index is 12.6. The monoisotopic (exact) mass is 471 g/mol. The number of hydrogen-bond acceptors (Lipinski definition) is 9. The quantitative estimate of drug-likeness (QED) is 0.324. The molecule has 5 fully saturated rings. The fourth-order valence-corrected chi connectivity index (χ4v) is 5.96. The molecule has 1 spiro atoms. The molecule has 5 rings (SSSR count). The zero-order valence-corrected chi connectivity index (χ0v) is 20.2. The largest absolute Gasteiger partial charge is 0.435 e. The number of ether oxygens (including phenoxy) is 5. The van der Waals surface area contributed by atoms with Crippen molar-refractivity contribution in [3.63, 3.8) is 0 Å². The second-order valence-corrected chi connectivity index (χ2v) is 9.97. The zero-order chi connectivity index (χ0) is 23.8. The van der Waals surface area contributed by atoms with Crippen LogP contribution < -0.4 is 5.32 Å². The Morgan fingerprint density at radius 3 is 2.55 bits per heavy atom. The highest BCUT2D eigenvalue weighted by Crippen LogP contribution is 2.60. The van der Waals surface area contributed by atoms with Crippen LogP contribution in [0.3, 0.4) is 0 Å². The molecular formula is C23H37NO9. The molecule has 1 saturated carbocycles. The summed E-state index contributed by atoms with van der Waals surface area (Å²) in [5.74, 6) is -0.982. The van der Waals surface area contributed by atoms with E-state index in [2.05, 4.69) is 12.2 Å². The van der Waals surface area contributed by atoms with Crippen molar-refractivity contribution >= 4 is 11.9 Å². The summed E-state index contributed by atoms with van der Waals surface area (Å²) in [6, 6.07) is 0. The molecule has 0 radical (unpaired) electrons. The van der Waals surface area contributed by atoms with Gasteiger partial charge < -0.3 is 29.0 Å². The Morgan fingerprint density at radius 2 is 1.82 bits per heavy atom. The molecule has 33 heavy (non-hydrogen) atoms. The summed E-state index contributed by atoms with van der Waals surface area (Å²) in [7, 11) is 2.98. The molecule has 1 N–H and O–H groups in total. The van der Waals surface area contributed by atoms with Gasteiger partial charge in [-0.05, 0) is 38.0 Å². The Balaban J connectivity index is 1.38. The first-order valence-electron chi connectivity index (χ1n) is 11.9. The summed E-state index contributed by atoms with van der Waals surface area (Å²) < 4.78 is 28.3. The summed E-state index contributed by atoms with van der Waals surface area (Å²) in [6.45, 7) is 6.33. The summed E-state index contributed by atoms with van der Waals surface area (Å²) in [6.07, 6.45) is 1.61. The molecular weight excluding hydrogens is 434 g/mol. The van der Waals surface area contributed by atoms with Gasteiger partial charge in [-0.1, -0.05) is 13.8 Å². The Kier molecular flexibility index (Phi) is 7.33. The molecule has 10 nitrogen and oxygen atoms in total. The minimum Gasteiger partial charge on any atom is -0.435 e. The Morgan fingerprint density at radius 1 is 1.06 bits per heavy atom. The molecule has 4 saturated heterocycles. The van der Waals surface area contributed by atoms with Gasteiger partial charge in [0.15, 0.2) is 18.2 Å². The van der Waals surface area contributed by atoms with E-state index in [1.807, 2.05) is 13.8 Å². The number of nitrogens with one attached hydrogen (secondary N) is 1. The van der Waals surface area contributed by atoms with Crippen LogP contribution in [-0.4, -0.2) is 62.9 Å². The molecule has 4 aliphatic heterocycles. The first-order valence-corrected chi connectivity index (χ1v) is 11.9. The molecule has 2 bridgehead atoms. The normalized spacial score (nSPS) is 41.9. The number of methoxy groups -OCH3 is 2. The van der Waals surface area contributed by atoms with E-state index >= 15 is 0 Å². The fourth-order valence-electron chi connectivity index (χ4n) is 5.96. The van der Waals surface area contributed by atoms with Crippen LogP contribution in [0.4, 0.5) is 0 Å². The summed E-state index contributed by atoms with van der Waals surface area (Å²) in [5, 5.41) is 2.67. The zero-order valence-electron chi connectivity index (χ0n) is 20.2. The highest BCUT2D eigenvalue weighted by Gasteiger charge is 2.69. The van der Waals surface area contributed by atoms with Gasteiger partial charge >= 0.3 is 5.97 Å². The maximum atomic E-state index is 12.6. The third kappa shape index (κ3) is 4.66. The van der Waals surface area contributed by atoms with E-state index in [0.29, 0.717) is 5.92 Å². The lowest BCUT2D eigenvalue weighted by molar-refractivity contribution is -0.576. The minimum atomic E-state index is -0.882. The van der Waals surface area contributed by atoms with E-state index in [0.717, 1.165) is 25.7 Å². The van der Waals surface area contributed by atoms with Gasteiger partial charge in [-0.2, -0.15) is 0 Å². The van der Waals surface area contributed by atoms with Gasteiger partial charge in [0.2, 0.25) is 18.0 Å². The van der Waals surface area contributed by atoms with Crippen LogP contribution in [0.5, 0.6) is 0 Å². The highest BCUT2D eigenvalue weighted by atomic mass is 17.3. The van der Waals surface area contributed by atoms with Crippen molar-refractivity contribution in [3.8, 4) is 0 Å². The molecule has 5 aliphatic rings. The molecule has 0 aromatic rings. The van der Waals surface area contributed by atoms with Gasteiger partial charge in [0.1, 0.15) is 0 Å². The van der Waals surface area contributed by atoms with Gasteiger partial charge in [0, 0.05) is 38.9 Å². The first-order chi connectivity index (χ1) is 15.7. The van der Waals surface area contributed by atoms with E-state index in [4.69, 9.17) is 33.5 Å². The average molecular weight is 472 g/mol. The molecule has 10 heteroatoms. The van der Waals surface area contributed by atoms with Crippen molar-refractivity contribution in [2.24, 2.45) is 23.7 Å². The van der Waals surface area contributed by atoms with E-state index < -0.39 is 36.2 Å². The van der Waals surface area contributed by atoms with Crippen LogP contribution in [0.2, 0.25) is 0 Å². The maximum Gasteiger partial charge on any atom is 0.308 e. The topological polar surface area (TPSA) is 111 Å². The molecule has 0 aromatic carbocycles. The Labute approximate surface area is 194 Å². The molecule has 0 aromatic heterocycles. The first kappa shape index (κ1) is 24.8. The number of amides is 1. The van der Waals surface area contributed by atoms with Crippen LogP contribution in [-0.2, 0) is 43.0 Å². The SMILES string of the molecule is COC(CNC(=O)CCC(=O)O[C@@H]1O[C@@H]2O[C@@]3(C)CC[C@H]4[C@H](C)CC[C@@H]([C@H]1C)[C@]24OO3)OC. The van der Waals surface area contributed by atoms with Gasteiger partial charge in [0.25, 0.3) is 0 Å². The average Bonchev–Trinajstić information content (AvgIpc) is 3.02. The number of hydrogen-bond donors (Lipinski definition) is 1. The van der Waals surface area contributed by atoms with Crippen LogP contribution in [0.25, 0.3) is 0 Å². The van der Waals surface area contributed by atoms with Crippen LogP contribution in [0.1, 0.15) is 59.3 Å². The second-order valence-electron chi connectivity index (χ2n) is 9.97. The molecule has 4 heterocycles. The van der Waals surface area contributed by atoms with E-state index in [1.54, 1.807) is 0 Å².